The largest absolute Gasteiger partial charge is 0.390 e. The Labute approximate surface area is 59.1 Å². The van der Waals surface area contributed by atoms with Crippen molar-refractivity contribution in [2.45, 2.75) is 37.9 Å². The molecule has 4 atom stereocenters. The molecule has 4 heteroatoms. The summed E-state index contributed by atoms with van der Waals surface area (Å²) in [6.07, 6.45) is -3.07. The van der Waals surface area contributed by atoms with Crippen molar-refractivity contribution >= 4 is 0 Å². The summed E-state index contributed by atoms with van der Waals surface area (Å²) < 4.78 is 4.81. The third-order valence-corrected chi connectivity index (χ3v) is 1.69. The molecule has 60 valence electrons. The molecule has 0 aromatic heterocycles. The molecule has 0 aromatic carbocycles. The van der Waals surface area contributed by atoms with E-state index in [2.05, 4.69) is 0 Å². The molecule has 0 unspecified atom stereocenters. The van der Waals surface area contributed by atoms with Crippen LogP contribution in [0.5, 0.6) is 0 Å². The van der Waals surface area contributed by atoms with E-state index < -0.39 is 24.6 Å². The van der Waals surface area contributed by atoms with E-state index in [1.807, 2.05) is 0 Å². The predicted octanol–water partition coefficient (Wildman–Crippen LogP) is -1.16. The van der Waals surface area contributed by atoms with Crippen molar-refractivity contribution in [3.05, 3.63) is 0 Å². The van der Waals surface area contributed by atoms with Crippen molar-refractivity contribution in [2.75, 3.05) is 0 Å². The molecule has 1 fully saturated rings. The number of aliphatic hydroxyl groups excluding tert-OH is 3. The lowest BCUT2D eigenvalue weighted by Crippen LogP contribution is -2.46. The molecule has 1 aliphatic heterocycles. The summed E-state index contributed by atoms with van der Waals surface area (Å²) in [6.45, 7) is 1.61. The van der Waals surface area contributed by atoms with E-state index in [0.29, 0.717) is 0 Å². The van der Waals surface area contributed by atoms with Gasteiger partial charge < -0.3 is 20.1 Å². The van der Waals surface area contributed by atoms with Crippen LogP contribution in [0.1, 0.15) is 13.3 Å². The van der Waals surface area contributed by atoms with Crippen LogP contribution in [0.25, 0.3) is 0 Å². The summed E-state index contributed by atoms with van der Waals surface area (Å²) >= 11 is 0. The Morgan fingerprint density at radius 2 is 1.90 bits per heavy atom. The molecular formula is C6H12O4. The van der Waals surface area contributed by atoms with Crippen LogP contribution in [0.3, 0.4) is 0 Å². The molecular weight excluding hydrogens is 136 g/mol. The van der Waals surface area contributed by atoms with Crippen LogP contribution in [0.2, 0.25) is 0 Å². The van der Waals surface area contributed by atoms with Crippen molar-refractivity contribution in [3.63, 3.8) is 0 Å². The number of hydrogen-bond donors (Lipinski definition) is 3. The van der Waals surface area contributed by atoms with Crippen molar-refractivity contribution in [1.29, 1.82) is 0 Å². The van der Waals surface area contributed by atoms with Gasteiger partial charge >= 0.3 is 0 Å². The Balaban J connectivity index is 2.49. The standard InChI is InChI=1S/C6H12O4/c1-3-6(9)4(7)2-5(8)10-3/h3-9H,2H2,1H3/t3-,4-,5+,6+/m0/s1. The molecule has 0 radical (unpaired) electrons. The molecule has 1 saturated heterocycles. The first-order valence-corrected chi connectivity index (χ1v) is 3.31. The van der Waals surface area contributed by atoms with E-state index in [4.69, 9.17) is 20.1 Å². The van der Waals surface area contributed by atoms with Crippen molar-refractivity contribution in [2.24, 2.45) is 0 Å². The van der Waals surface area contributed by atoms with E-state index in [1.165, 1.54) is 0 Å². The molecule has 1 heterocycles. The van der Waals surface area contributed by atoms with Gasteiger partial charge in [0.25, 0.3) is 0 Å². The van der Waals surface area contributed by atoms with Gasteiger partial charge in [-0.3, -0.25) is 0 Å². The highest BCUT2D eigenvalue weighted by Crippen LogP contribution is 2.17. The minimum absolute atomic E-state index is 0.0888. The van der Waals surface area contributed by atoms with Gasteiger partial charge in [-0.2, -0.15) is 0 Å². The van der Waals surface area contributed by atoms with Gasteiger partial charge in [0.1, 0.15) is 6.10 Å². The van der Waals surface area contributed by atoms with Crippen LogP contribution in [-0.4, -0.2) is 39.9 Å². The average molecular weight is 148 g/mol. The zero-order chi connectivity index (χ0) is 7.72. The number of hydrogen-bond acceptors (Lipinski definition) is 4. The van der Waals surface area contributed by atoms with Crippen molar-refractivity contribution in [1.82, 2.24) is 0 Å². The van der Waals surface area contributed by atoms with Gasteiger partial charge in [-0.25, -0.2) is 0 Å². The second-order valence-electron chi connectivity index (χ2n) is 2.59. The number of aliphatic hydroxyl groups is 3. The van der Waals surface area contributed by atoms with E-state index in [1.54, 1.807) is 6.92 Å². The maximum Gasteiger partial charge on any atom is 0.157 e. The molecule has 4 nitrogen and oxygen atoms in total. The Morgan fingerprint density at radius 3 is 2.40 bits per heavy atom. The summed E-state index contributed by atoms with van der Waals surface area (Å²) in [6, 6.07) is 0. The van der Waals surface area contributed by atoms with Gasteiger partial charge in [-0.1, -0.05) is 0 Å². The first-order chi connectivity index (χ1) is 4.61. The Bertz CT molecular complexity index is 104. The highest BCUT2D eigenvalue weighted by molar-refractivity contribution is 4.78. The van der Waals surface area contributed by atoms with Crippen LogP contribution in [0.15, 0.2) is 0 Å². The van der Waals surface area contributed by atoms with Gasteiger partial charge in [0.2, 0.25) is 0 Å². The number of rotatable bonds is 0. The molecule has 0 aromatic rings. The third kappa shape index (κ3) is 1.46. The monoisotopic (exact) mass is 148 g/mol. The van der Waals surface area contributed by atoms with Crippen LogP contribution in [0.4, 0.5) is 0 Å². The lowest BCUT2D eigenvalue weighted by Gasteiger charge is -2.32. The molecule has 0 saturated carbocycles. The molecule has 0 aliphatic carbocycles. The first-order valence-electron chi connectivity index (χ1n) is 3.31. The van der Waals surface area contributed by atoms with Gasteiger partial charge in [0.05, 0.1) is 12.2 Å². The Morgan fingerprint density at radius 1 is 1.30 bits per heavy atom. The Kier molecular flexibility index (Phi) is 2.25. The molecule has 10 heavy (non-hydrogen) atoms. The number of ether oxygens (including phenoxy) is 1. The summed E-state index contributed by atoms with van der Waals surface area (Å²) in [7, 11) is 0. The quantitative estimate of drug-likeness (QED) is 0.405. The second-order valence-corrected chi connectivity index (χ2v) is 2.59. The summed E-state index contributed by atoms with van der Waals surface area (Å²) in [5.41, 5.74) is 0. The molecule has 0 spiro atoms. The minimum atomic E-state index is -0.937. The van der Waals surface area contributed by atoms with Crippen molar-refractivity contribution in [3.8, 4) is 0 Å². The van der Waals surface area contributed by atoms with Gasteiger partial charge in [0.15, 0.2) is 6.29 Å². The van der Waals surface area contributed by atoms with E-state index in [9.17, 15) is 0 Å². The lowest BCUT2D eigenvalue weighted by atomic mass is 10.0. The Hall–Kier alpha value is -0.160. The zero-order valence-corrected chi connectivity index (χ0v) is 5.77. The van der Waals surface area contributed by atoms with Crippen LogP contribution >= 0.6 is 0 Å². The van der Waals surface area contributed by atoms with Gasteiger partial charge in [-0.05, 0) is 6.92 Å². The molecule has 1 rings (SSSR count). The van der Waals surface area contributed by atoms with Crippen LogP contribution < -0.4 is 0 Å². The predicted molar refractivity (Wildman–Crippen MR) is 33.2 cm³/mol. The highest BCUT2D eigenvalue weighted by atomic mass is 16.6. The zero-order valence-electron chi connectivity index (χ0n) is 5.77. The normalized spacial score (nSPS) is 49.2. The smallest absolute Gasteiger partial charge is 0.157 e. The molecule has 3 N–H and O–H groups in total. The maximum absolute atomic E-state index is 9.08. The summed E-state index contributed by atoms with van der Waals surface area (Å²) in [5.74, 6) is 0. The van der Waals surface area contributed by atoms with Crippen LogP contribution in [0, 0.1) is 0 Å². The van der Waals surface area contributed by atoms with Gasteiger partial charge in [0, 0.05) is 6.42 Å². The SMILES string of the molecule is C[C@@H]1O[C@@H](O)C[C@H](O)[C@@H]1O. The fraction of sp³-hybridized carbons (Fsp3) is 1.00. The molecule has 0 bridgehead atoms. The minimum Gasteiger partial charge on any atom is -0.390 e. The highest BCUT2D eigenvalue weighted by Gasteiger charge is 2.32. The van der Waals surface area contributed by atoms with Crippen molar-refractivity contribution < 1.29 is 20.1 Å². The second kappa shape index (κ2) is 2.84. The van der Waals surface area contributed by atoms with E-state index in [0.717, 1.165) is 0 Å². The summed E-state index contributed by atoms with van der Waals surface area (Å²) in [4.78, 5) is 0. The van der Waals surface area contributed by atoms with E-state index >= 15 is 0 Å². The summed E-state index contributed by atoms with van der Waals surface area (Å²) in [5, 5.41) is 27.0. The molecule has 1 aliphatic rings. The molecule has 0 amide bonds. The fourth-order valence-corrected chi connectivity index (χ4v) is 1.04. The van der Waals surface area contributed by atoms with Crippen LogP contribution in [-0.2, 0) is 4.74 Å². The van der Waals surface area contributed by atoms with E-state index in [-0.39, 0.29) is 6.42 Å². The maximum atomic E-state index is 9.08. The fourth-order valence-electron chi connectivity index (χ4n) is 1.04. The average Bonchev–Trinajstić information content (AvgIpc) is 1.82. The van der Waals surface area contributed by atoms with Gasteiger partial charge in [-0.15, -0.1) is 0 Å². The third-order valence-electron chi connectivity index (χ3n) is 1.69. The first kappa shape index (κ1) is 7.94. The lowest BCUT2D eigenvalue weighted by molar-refractivity contribution is -0.226. The topological polar surface area (TPSA) is 69.9 Å².